The van der Waals surface area contributed by atoms with Crippen molar-refractivity contribution in [2.45, 2.75) is 6.54 Å². The second-order valence-corrected chi connectivity index (χ2v) is 10.2. The molecule has 4 heterocycles. The van der Waals surface area contributed by atoms with Crippen LogP contribution in [0.3, 0.4) is 0 Å². The molecule has 0 bridgehead atoms. The highest BCUT2D eigenvalue weighted by molar-refractivity contribution is 7.18. The number of para-hydroxylation sites is 1. The summed E-state index contributed by atoms with van der Waals surface area (Å²) in [7, 11) is 4.10. The summed E-state index contributed by atoms with van der Waals surface area (Å²) in [5, 5.41) is 10.0. The van der Waals surface area contributed by atoms with Gasteiger partial charge in [0.25, 0.3) is 0 Å². The number of fused-ring (bicyclic) bond motifs is 1. The number of benzene rings is 1. The van der Waals surface area contributed by atoms with Crippen LogP contribution >= 0.6 is 22.7 Å². The number of pyridine rings is 1. The zero-order valence-corrected chi connectivity index (χ0v) is 20.9. The lowest BCUT2D eigenvalue weighted by molar-refractivity contribution is 0.402. The van der Waals surface area contributed by atoms with Gasteiger partial charge in [-0.15, -0.1) is 22.7 Å². The van der Waals surface area contributed by atoms with Gasteiger partial charge in [-0.05, 0) is 50.0 Å². The molecule has 0 saturated carbocycles. The van der Waals surface area contributed by atoms with Gasteiger partial charge >= 0.3 is 0 Å². The minimum atomic E-state index is -0.419. The summed E-state index contributed by atoms with van der Waals surface area (Å²) in [6, 6.07) is 12.6. The van der Waals surface area contributed by atoms with Crippen LogP contribution in [0.1, 0.15) is 10.4 Å². The van der Waals surface area contributed by atoms with E-state index in [1.165, 1.54) is 34.3 Å². The van der Waals surface area contributed by atoms with Crippen LogP contribution in [0.4, 0.5) is 25.9 Å². The van der Waals surface area contributed by atoms with Crippen LogP contribution in [0.15, 0.2) is 66.8 Å². The Labute approximate surface area is 210 Å². The van der Waals surface area contributed by atoms with Gasteiger partial charge in [-0.25, -0.2) is 14.4 Å². The molecule has 178 valence electrons. The molecule has 5 rings (SSSR count). The van der Waals surface area contributed by atoms with Crippen molar-refractivity contribution in [2.75, 3.05) is 30.5 Å². The minimum Gasteiger partial charge on any atom is -0.397 e. The third kappa shape index (κ3) is 4.90. The Hall–Kier alpha value is -3.73. The molecule has 0 radical (unpaired) electrons. The van der Waals surface area contributed by atoms with Gasteiger partial charge in [0.05, 0.1) is 33.1 Å². The fourth-order valence-electron chi connectivity index (χ4n) is 3.68. The van der Waals surface area contributed by atoms with Gasteiger partial charge in [-0.1, -0.05) is 18.7 Å². The quantitative estimate of drug-likeness (QED) is 0.220. The molecule has 5 aromatic rings. The molecule has 1 aromatic carbocycles. The van der Waals surface area contributed by atoms with Crippen LogP contribution < -0.4 is 16.4 Å². The first-order chi connectivity index (χ1) is 16.9. The van der Waals surface area contributed by atoms with Crippen molar-refractivity contribution < 1.29 is 4.39 Å². The van der Waals surface area contributed by atoms with Gasteiger partial charge in [-0.3, -0.25) is 4.40 Å². The average molecular weight is 506 g/mol. The molecular formula is C25H24FN7S2. The van der Waals surface area contributed by atoms with E-state index in [4.69, 9.17) is 10.7 Å². The molecule has 4 N–H and O–H groups in total. The maximum Gasteiger partial charge on any atom is 0.188 e. The van der Waals surface area contributed by atoms with E-state index in [2.05, 4.69) is 43.8 Å². The van der Waals surface area contributed by atoms with Crippen molar-refractivity contribution in [3.8, 4) is 11.4 Å². The van der Waals surface area contributed by atoms with E-state index in [0.717, 1.165) is 38.6 Å². The second-order valence-electron chi connectivity index (χ2n) is 8.28. The van der Waals surface area contributed by atoms with Crippen molar-refractivity contribution in [3.05, 3.63) is 83.1 Å². The topological polar surface area (TPSA) is 83.5 Å². The summed E-state index contributed by atoms with van der Waals surface area (Å²) in [5.41, 5.74) is 10.9. The normalized spacial score (nSPS) is 11.3. The fourth-order valence-corrected chi connectivity index (χ4v) is 5.29. The molecule has 35 heavy (non-hydrogen) atoms. The summed E-state index contributed by atoms with van der Waals surface area (Å²) in [5.74, 6) is -0.419. The first-order valence-electron chi connectivity index (χ1n) is 10.8. The molecule has 4 aromatic heterocycles. The predicted octanol–water partition coefficient (Wildman–Crippen LogP) is 6.13. The van der Waals surface area contributed by atoms with E-state index in [0.29, 0.717) is 11.4 Å². The summed E-state index contributed by atoms with van der Waals surface area (Å²) < 4.78 is 16.2. The lowest BCUT2D eigenvalue weighted by Crippen LogP contribution is -2.11. The van der Waals surface area contributed by atoms with Gasteiger partial charge in [0.2, 0.25) is 0 Å². The Morgan fingerprint density at radius 3 is 2.86 bits per heavy atom. The van der Waals surface area contributed by atoms with Crippen LogP contribution in [0, 0.1) is 5.82 Å². The van der Waals surface area contributed by atoms with Gasteiger partial charge in [0.15, 0.2) is 5.13 Å². The smallest absolute Gasteiger partial charge is 0.188 e. The van der Waals surface area contributed by atoms with E-state index < -0.39 is 5.82 Å². The number of hydrogen-bond donors (Lipinski definition) is 3. The third-order valence-corrected chi connectivity index (χ3v) is 7.11. The monoisotopic (exact) mass is 505 g/mol. The second kappa shape index (κ2) is 9.49. The molecule has 0 aliphatic carbocycles. The van der Waals surface area contributed by atoms with Crippen LogP contribution in [0.5, 0.6) is 0 Å². The molecule has 0 unspecified atom stereocenters. The van der Waals surface area contributed by atoms with Crippen LogP contribution in [-0.4, -0.2) is 33.4 Å². The van der Waals surface area contributed by atoms with Gasteiger partial charge in [0, 0.05) is 23.8 Å². The van der Waals surface area contributed by atoms with Crippen molar-refractivity contribution in [3.63, 3.8) is 0 Å². The summed E-state index contributed by atoms with van der Waals surface area (Å²) in [6.07, 6.45) is 3.96. The Kier molecular flexibility index (Phi) is 6.25. The molecule has 10 heteroatoms. The number of nitrogens with one attached hydrogen (secondary N) is 2. The number of nitrogens with two attached hydrogens (primary N) is 1. The number of imidazole rings is 1. The minimum absolute atomic E-state index is 0.228. The highest BCUT2D eigenvalue weighted by atomic mass is 32.1. The van der Waals surface area contributed by atoms with Gasteiger partial charge in [-0.2, -0.15) is 0 Å². The molecule has 0 aliphatic heterocycles. The highest BCUT2D eigenvalue weighted by Crippen LogP contribution is 2.34. The summed E-state index contributed by atoms with van der Waals surface area (Å²) in [6.45, 7) is 4.89. The molecule has 7 nitrogen and oxygen atoms in total. The van der Waals surface area contributed by atoms with Crippen molar-refractivity contribution in [1.29, 1.82) is 0 Å². The Bertz CT molecular complexity index is 1500. The number of anilines is 4. The van der Waals surface area contributed by atoms with Crippen molar-refractivity contribution in [1.82, 2.24) is 19.3 Å². The first-order valence-corrected chi connectivity index (χ1v) is 12.5. The molecular weight excluding hydrogens is 481 g/mol. The van der Waals surface area contributed by atoms with E-state index in [1.807, 2.05) is 43.9 Å². The molecule has 0 amide bonds. The molecule has 0 aliphatic rings. The Balaban J connectivity index is 1.32. The fraction of sp³-hybridized carbons (Fsp3) is 0.120. The maximum atomic E-state index is 14.1. The number of thiophene rings is 1. The van der Waals surface area contributed by atoms with Crippen LogP contribution in [0.25, 0.3) is 22.7 Å². The van der Waals surface area contributed by atoms with E-state index in [-0.39, 0.29) is 5.69 Å². The number of nitrogens with zero attached hydrogens (tertiary/aromatic N) is 4. The standard InChI is InChI=1S/C25H24FN7S2/c1-15(29-24-17(26)5-4-6-18(24)27)21-8-10-23(35-21)31-25-30-19(14-34-25)20-11-28-22-9-7-16(12-32(2)3)13-33(20)22/h4-11,13-14,29H,1,12,27H2,2-3H3,(H,30,31). The van der Waals surface area contributed by atoms with E-state index >= 15 is 0 Å². The number of halogens is 1. The Morgan fingerprint density at radius 1 is 1.20 bits per heavy atom. The number of hydrogen-bond acceptors (Lipinski definition) is 8. The Morgan fingerprint density at radius 2 is 2.06 bits per heavy atom. The molecule has 0 saturated heterocycles. The third-order valence-electron chi connectivity index (χ3n) is 5.29. The summed E-state index contributed by atoms with van der Waals surface area (Å²) >= 11 is 3.01. The largest absolute Gasteiger partial charge is 0.397 e. The number of rotatable bonds is 8. The molecule has 0 atom stereocenters. The van der Waals surface area contributed by atoms with Gasteiger partial charge < -0.3 is 21.3 Å². The zero-order chi connectivity index (χ0) is 24.5. The molecule has 0 spiro atoms. The van der Waals surface area contributed by atoms with Crippen LogP contribution in [0.2, 0.25) is 0 Å². The zero-order valence-electron chi connectivity index (χ0n) is 19.2. The number of thiazole rings is 1. The number of aromatic nitrogens is 3. The van der Waals surface area contributed by atoms with Gasteiger partial charge in [0.1, 0.15) is 17.2 Å². The first kappa shape index (κ1) is 23.0. The number of nitrogen functional groups attached to an aromatic ring is 1. The van der Waals surface area contributed by atoms with E-state index in [1.54, 1.807) is 12.1 Å². The highest BCUT2D eigenvalue weighted by Gasteiger charge is 2.13. The maximum absolute atomic E-state index is 14.1. The predicted molar refractivity (Wildman–Crippen MR) is 145 cm³/mol. The summed E-state index contributed by atoms with van der Waals surface area (Å²) in [4.78, 5) is 12.3. The SMILES string of the molecule is C=C(Nc1c(N)cccc1F)c1ccc(Nc2nc(-c3cnc4ccc(CN(C)C)cn34)cs2)s1. The molecule has 0 fully saturated rings. The average Bonchev–Trinajstić information content (AvgIpc) is 3.56. The van der Waals surface area contributed by atoms with E-state index in [9.17, 15) is 4.39 Å². The van der Waals surface area contributed by atoms with Crippen molar-refractivity contribution in [2.24, 2.45) is 0 Å². The lowest BCUT2D eigenvalue weighted by Gasteiger charge is -2.11. The lowest BCUT2D eigenvalue weighted by atomic mass is 10.2. The van der Waals surface area contributed by atoms with Crippen LogP contribution in [-0.2, 0) is 6.54 Å². The van der Waals surface area contributed by atoms with Crippen molar-refractivity contribution >= 4 is 55.5 Å².